The lowest BCUT2D eigenvalue weighted by Gasteiger charge is -2.40. The highest BCUT2D eigenvalue weighted by Crippen LogP contribution is 2.46. The zero-order valence-electron chi connectivity index (χ0n) is 22.8. The molecule has 2 unspecified atom stereocenters. The third kappa shape index (κ3) is 4.87. The van der Waals surface area contributed by atoms with Crippen LogP contribution < -0.4 is 9.64 Å². The molecule has 42 heavy (non-hydrogen) atoms. The van der Waals surface area contributed by atoms with E-state index in [4.69, 9.17) is 9.26 Å². The molecule has 2 atom stereocenters. The average molecular weight is 583 g/mol. The van der Waals surface area contributed by atoms with E-state index in [1.54, 1.807) is 23.9 Å². The van der Waals surface area contributed by atoms with Crippen molar-refractivity contribution >= 4 is 22.6 Å². The maximum absolute atomic E-state index is 13.1. The number of hydrogen-bond acceptors (Lipinski definition) is 7. The van der Waals surface area contributed by atoms with Crippen LogP contribution in [0.5, 0.6) is 5.75 Å². The molecule has 2 bridgehead atoms. The van der Waals surface area contributed by atoms with Gasteiger partial charge >= 0.3 is 12.3 Å². The van der Waals surface area contributed by atoms with Gasteiger partial charge in [-0.3, -0.25) is 4.68 Å². The molecule has 2 aromatic heterocycles. The minimum Gasteiger partial charge on any atom is -0.476 e. The van der Waals surface area contributed by atoms with Crippen LogP contribution in [-0.2, 0) is 18.4 Å². The van der Waals surface area contributed by atoms with Crippen LogP contribution in [0.2, 0.25) is 0 Å². The van der Waals surface area contributed by atoms with Crippen molar-refractivity contribution in [2.75, 3.05) is 4.90 Å². The highest BCUT2D eigenvalue weighted by atomic mass is 19.4. The molecular weight excluding hydrogens is 553 g/mol. The van der Waals surface area contributed by atoms with Crippen LogP contribution in [0, 0.1) is 0 Å². The van der Waals surface area contributed by atoms with E-state index in [-0.39, 0.29) is 47.7 Å². The Morgan fingerprint density at radius 3 is 2.52 bits per heavy atom. The lowest BCUT2D eigenvalue weighted by atomic mass is 9.98. The molecule has 9 nitrogen and oxygen atoms in total. The average Bonchev–Trinajstić information content (AvgIpc) is 3.54. The van der Waals surface area contributed by atoms with Crippen LogP contribution in [0.25, 0.3) is 22.2 Å². The summed E-state index contributed by atoms with van der Waals surface area (Å²) in [6.07, 6.45) is 0.656. The summed E-state index contributed by atoms with van der Waals surface area (Å²) >= 11 is 0. The zero-order valence-corrected chi connectivity index (χ0v) is 22.8. The number of halogens is 3. The fourth-order valence-corrected chi connectivity index (χ4v) is 6.67. The monoisotopic (exact) mass is 582 g/mol. The van der Waals surface area contributed by atoms with Crippen LogP contribution in [0.15, 0.2) is 47.0 Å². The third-order valence-corrected chi connectivity index (χ3v) is 8.62. The van der Waals surface area contributed by atoms with Crippen LogP contribution in [0.3, 0.4) is 0 Å². The number of hydrogen-bond donors (Lipinski definition) is 1. The first kappa shape index (κ1) is 26.8. The van der Waals surface area contributed by atoms with E-state index in [0.717, 1.165) is 49.7 Å². The maximum atomic E-state index is 13.1. The normalized spacial score (nSPS) is 22.2. The number of rotatable bonds is 8. The van der Waals surface area contributed by atoms with Gasteiger partial charge in [0.25, 0.3) is 0 Å². The van der Waals surface area contributed by atoms with Crippen molar-refractivity contribution in [3.05, 3.63) is 59.5 Å². The quantitative estimate of drug-likeness (QED) is 0.254. The van der Waals surface area contributed by atoms with Crippen molar-refractivity contribution in [2.45, 2.75) is 75.6 Å². The molecule has 7 rings (SSSR count). The number of carbonyl (C=O) groups is 1. The van der Waals surface area contributed by atoms with Crippen molar-refractivity contribution in [1.29, 1.82) is 0 Å². The Kier molecular flexibility index (Phi) is 6.41. The Hall–Kier alpha value is -4.06. The molecule has 0 radical (unpaired) electrons. The number of aromatic carboxylic acids is 1. The molecule has 3 fully saturated rings. The first-order valence-electron chi connectivity index (χ1n) is 14.1. The lowest BCUT2D eigenvalue weighted by Crippen LogP contribution is -2.45. The first-order chi connectivity index (χ1) is 20.2. The molecule has 1 N–H and O–H groups in total. The number of alkyl halides is 3. The predicted octanol–water partition coefficient (Wildman–Crippen LogP) is 6.42. The van der Waals surface area contributed by atoms with Crippen molar-refractivity contribution in [3.8, 4) is 17.0 Å². The number of piperidine rings is 1. The number of benzene rings is 2. The number of para-hydroxylation sites is 1. The number of anilines is 1. The summed E-state index contributed by atoms with van der Waals surface area (Å²) in [6.45, 7) is 0.189. The van der Waals surface area contributed by atoms with Gasteiger partial charge in [-0.05, 0) is 68.9 Å². The minimum atomic E-state index is -4.83. The second kappa shape index (κ2) is 10.0. The summed E-state index contributed by atoms with van der Waals surface area (Å²) in [5.74, 6) is -0.503. The molecule has 4 aromatic rings. The Balaban J connectivity index is 1.10. The van der Waals surface area contributed by atoms with Crippen molar-refractivity contribution < 1.29 is 37.1 Å². The molecule has 3 aliphatic rings. The highest BCUT2D eigenvalue weighted by Gasteiger charge is 2.42. The van der Waals surface area contributed by atoms with E-state index in [9.17, 15) is 23.1 Å². The van der Waals surface area contributed by atoms with Crippen LogP contribution in [0.4, 0.5) is 18.9 Å². The molecule has 0 amide bonds. The summed E-state index contributed by atoms with van der Waals surface area (Å²) in [5.41, 5.74) is 3.07. The molecule has 12 heteroatoms. The van der Waals surface area contributed by atoms with Gasteiger partial charge in [0.05, 0.1) is 18.2 Å². The number of fused-ring (bicyclic) bond motifs is 3. The third-order valence-electron chi connectivity index (χ3n) is 8.62. The van der Waals surface area contributed by atoms with Gasteiger partial charge in [0, 0.05) is 47.2 Å². The second-order valence-electron chi connectivity index (χ2n) is 11.4. The molecule has 2 aromatic carbocycles. The van der Waals surface area contributed by atoms with Crippen LogP contribution in [-0.4, -0.2) is 50.6 Å². The Bertz CT molecular complexity index is 1650. The fourth-order valence-electron chi connectivity index (χ4n) is 6.67. The predicted molar refractivity (Wildman–Crippen MR) is 145 cm³/mol. The molecule has 1 aliphatic carbocycles. The van der Waals surface area contributed by atoms with Crippen molar-refractivity contribution in [3.63, 3.8) is 0 Å². The Morgan fingerprint density at radius 1 is 1.10 bits per heavy atom. The lowest BCUT2D eigenvalue weighted by molar-refractivity contribution is -0.274. The highest BCUT2D eigenvalue weighted by molar-refractivity contribution is 6.02. The van der Waals surface area contributed by atoms with E-state index in [1.165, 1.54) is 12.1 Å². The first-order valence-corrected chi connectivity index (χ1v) is 14.1. The zero-order chi connectivity index (χ0) is 29.2. The van der Waals surface area contributed by atoms with Gasteiger partial charge in [-0.15, -0.1) is 13.2 Å². The van der Waals surface area contributed by atoms with E-state index >= 15 is 0 Å². The van der Waals surface area contributed by atoms with E-state index in [1.807, 2.05) is 18.2 Å². The molecule has 2 aliphatic heterocycles. The van der Waals surface area contributed by atoms with Gasteiger partial charge in [0.1, 0.15) is 17.2 Å². The molecule has 4 heterocycles. The Morgan fingerprint density at radius 2 is 1.83 bits per heavy atom. The van der Waals surface area contributed by atoms with Gasteiger partial charge in [0.15, 0.2) is 5.69 Å². The topological polar surface area (TPSA) is 103 Å². The molecule has 1 saturated carbocycles. The van der Waals surface area contributed by atoms with Crippen molar-refractivity contribution in [2.24, 2.45) is 7.05 Å². The van der Waals surface area contributed by atoms with E-state index in [2.05, 4.69) is 19.9 Å². The smallest absolute Gasteiger partial charge is 0.476 e. The van der Waals surface area contributed by atoms with Gasteiger partial charge in [0.2, 0.25) is 0 Å². The molecule has 2 saturated heterocycles. The van der Waals surface area contributed by atoms with Gasteiger partial charge in [-0.2, -0.15) is 5.10 Å². The summed E-state index contributed by atoms with van der Waals surface area (Å²) < 4.78 is 57.4. The summed E-state index contributed by atoms with van der Waals surface area (Å²) in [7, 11) is 1.75. The van der Waals surface area contributed by atoms with Gasteiger partial charge < -0.3 is 24.0 Å². The molecule has 220 valence electrons. The number of carboxylic acid groups (broad SMARTS) is 1. The largest absolute Gasteiger partial charge is 0.573 e. The summed E-state index contributed by atoms with van der Waals surface area (Å²) in [4.78, 5) is 14.0. The number of nitrogens with zero attached hydrogens (tertiary/aromatic N) is 4. The number of ether oxygens (including phenoxy) is 2. The van der Waals surface area contributed by atoms with E-state index in [0.29, 0.717) is 22.4 Å². The van der Waals surface area contributed by atoms with Gasteiger partial charge in [-0.1, -0.05) is 17.3 Å². The minimum absolute atomic E-state index is 0.0331. The van der Waals surface area contributed by atoms with Crippen LogP contribution in [0.1, 0.15) is 66.3 Å². The standard InChI is InChI=1S/C30H29F3N4O5/c1-36-24-14-19(10-11-21(24)27(34-36)29(38)39)37-17-8-9-18(37)13-20(12-17)40-15-23-26(35-42-28(23)16-6-7-16)22-4-2-3-5-25(22)41-30(31,32)33/h2-5,10-11,14,16-18,20H,6-9,12-13,15H2,1H3,(H,38,39). The molecule has 0 spiro atoms. The van der Waals surface area contributed by atoms with Gasteiger partial charge in [-0.25, -0.2) is 4.79 Å². The van der Waals surface area contributed by atoms with E-state index < -0.39 is 12.3 Å². The number of aromatic nitrogens is 3. The Labute approximate surface area is 238 Å². The summed E-state index contributed by atoms with van der Waals surface area (Å²) in [5, 5.41) is 18.4. The van der Waals surface area contributed by atoms with Crippen LogP contribution >= 0.6 is 0 Å². The maximum Gasteiger partial charge on any atom is 0.573 e. The number of aryl methyl sites for hydroxylation is 1. The summed E-state index contributed by atoms with van der Waals surface area (Å²) in [6, 6.07) is 12.3. The second-order valence-corrected chi connectivity index (χ2v) is 11.4. The van der Waals surface area contributed by atoms with Crippen molar-refractivity contribution in [1.82, 2.24) is 14.9 Å². The SMILES string of the molecule is Cn1nc(C(=O)O)c2ccc(N3C4CCC3CC(OCc3c(-c5ccccc5OC(F)(F)F)noc3C3CC3)C4)cc21. The fraction of sp³-hybridized carbons (Fsp3) is 0.433. The number of carboxylic acids is 1. The molecular formula is C30H29F3N4O5.